The predicted octanol–water partition coefficient (Wildman–Crippen LogP) is 7.89. The van der Waals surface area contributed by atoms with Gasteiger partial charge in [0.2, 0.25) is 5.91 Å². The first-order valence-electron chi connectivity index (χ1n) is 17.6. The largest absolute Gasteiger partial charge is 0.394 e. The lowest BCUT2D eigenvalue weighted by Crippen LogP contribution is -2.53. The summed E-state index contributed by atoms with van der Waals surface area (Å²) >= 11 is 0. The van der Waals surface area contributed by atoms with Gasteiger partial charge in [0.25, 0.3) is 0 Å². The highest BCUT2D eigenvalue weighted by molar-refractivity contribution is 5.80. The first-order chi connectivity index (χ1) is 20.0. The highest BCUT2D eigenvalue weighted by Crippen LogP contribution is 2.15. The quantitative estimate of drug-likeness (QED) is 0.0421. The summed E-state index contributed by atoms with van der Waals surface area (Å²) in [6, 6.07) is -0.983. The lowest BCUT2D eigenvalue weighted by atomic mass is 9.99. The van der Waals surface area contributed by atoms with Crippen LogP contribution in [0.4, 0.5) is 0 Å². The third-order valence-electron chi connectivity index (χ3n) is 8.23. The van der Waals surface area contributed by atoms with Crippen molar-refractivity contribution in [1.29, 1.82) is 0 Å². The summed E-state index contributed by atoms with van der Waals surface area (Å²) in [6.07, 6.45) is 29.6. The van der Waals surface area contributed by atoms with E-state index >= 15 is 0 Å². The van der Waals surface area contributed by atoms with Crippen molar-refractivity contribution >= 4 is 5.91 Å². The average Bonchev–Trinajstić information content (AvgIpc) is 2.98. The van der Waals surface area contributed by atoms with Crippen molar-refractivity contribution in [1.82, 2.24) is 5.32 Å². The fourth-order valence-corrected chi connectivity index (χ4v) is 5.34. The summed E-state index contributed by atoms with van der Waals surface area (Å²) in [4.78, 5) is 12.4. The van der Waals surface area contributed by atoms with E-state index in [4.69, 9.17) is 0 Å². The maximum Gasteiger partial charge on any atom is 0.249 e. The van der Waals surface area contributed by atoms with E-state index in [2.05, 4.69) is 31.3 Å². The van der Waals surface area contributed by atoms with Gasteiger partial charge in [-0.3, -0.25) is 4.79 Å². The SMILES string of the molecule is CCCCCCCCCCC/C=C\CCCCCCC(O)C(=O)NC(CO)C(O)C(O)CCCCCCCCCC. The van der Waals surface area contributed by atoms with Crippen LogP contribution < -0.4 is 5.32 Å². The molecule has 0 aromatic heterocycles. The zero-order chi connectivity index (χ0) is 30.4. The number of carbonyl (C=O) groups is 1. The second kappa shape index (κ2) is 30.5. The minimum Gasteiger partial charge on any atom is -0.394 e. The van der Waals surface area contributed by atoms with Crippen LogP contribution in [-0.4, -0.2) is 57.3 Å². The van der Waals surface area contributed by atoms with Gasteiger partial charge in [0.15, 0.2) is 0 Å². The number of nitrogens with one attached hydrogen (secondary N) is 1. The van der Waals surface area contributed by atoms with Gasteiger partial charge in [-0.2, -0.15) is 0 Å². The van der Waals surface area contributed by atoms with Gasteiger partial charge in [0.1, 0.15) is 12.2 Å². The maximum absolute atomic E-state index is 12.4. The molecular weight excluding hydrogens is 514 g/mol. The van der Waals surface area contributed by atoms with E-state index in [-0.39, 0.29) is 0 Å². The Hall–Kier alpha value is -0.950. The standard InChI is InChI=1S/C35H69NO5/c1-3-5-7-9-11-13-14-15-16-17-18-19-20-21-23-25-27-29-33(39)35(41)36-31(30-37)34(40)32(38)28-26-24-22-12-10-8-6-4-2/h18-19,31-34,37-40H,3-17,20-30H2,1-2H3,(H,36,41)/b19-18-. The van der Waals surface area contributed by atoms with E-state index in [0.29, 0.717) is 12.8 Å². The molecule has 0 aromatic carbocycles. The molecule has 0 heterocycles. The first kappa shape index (κ1) is 40.1. The molecule has 4 unspecified atom stereocenters. The van der Waals surface area contributed by atoms with Gasteiger partial charge in [-0.25, -0.2) is 0 Å². The van der Waals surface area contributed by atoms with E-state index in [0.717, 1.165) is 51.4 Å². The summed E-state index contributed by atoms with van der Waals surface area (Å²) < 4.78 is 0. The van der Waals surface area contributed by atoms with Gasteiger partial charge in [-0.1, -0.05) is 148 Å². The van der Waals surface area contributed by atoms with Crippen LogP contribution >= 0.6 is 0 Å². The molecule has 6 heteroatoms. The number of hydrogen-bond donors (Lipinski definition) is 5. The number of rotatable bonds is 31. The third kappa shape index (κ3) is 25.3. The van der Waals surface area contributed by atoms with E-state index in [1.54, 1.807) is 0 Å². The average molecular weight is 584 g/mol. The molecule has 0 bridgehead atoms. The molecule has 244 valence electrons. The monoisotopic (exact) mass is 584 g/mol. The van der Waals surface area contributed by atoms with Crippen molar-refractivity contribution in [2.75, 3.05) is 6.61 Å². The Morgan fingerprint density at radius 1 is 0.585 bits per heavy atom. The van der Waals surface area contributed by atoms with Gasteiger partial charge in [-0.05, 0) is 38.5 Å². The van der Waals surface area contributed by atoms with Gasteiger partial charge >= 0.3 is 0 Å². The molecule has 6 nitrogen and oxygen atoms in total. The number of aliphatic hydroxyl groups is 4. The summed E-state index contributed by atoms with van der Waals surface area (Å²) in [5, 5.41) is 43.2. The molecule has 0 spiro atoms. The maximum atomic E-state index is 12.4. The Balaban J connectivity index is 3.81. The molecule has 0 aliphatic rings. The molecule has 0 radical (unpaired) electrons. The summed E-state index contributed by atoms with van der Waals surface area (Å²) in [6.45, 7) is 3.98. The second-order valence-corrected chi connectivity index (χ2v) is 12.2. The van der Waals surface area contributed by atoms with Crippen molar-refractivity contribution in [3.05, 3.63) is 12.2 Å². The Bertz CT molecular complexity index is 585. The Kier molecular flexibility index (Phi) is 29.8. The molecule has 0 fully saturated rings. The van der Waals surface area contributed by atoms with Crippen molar-refractivity contribution in [2.45, 2.75) is 199 Å². The van der Waals surface area contributed by atoms with Crippen LogP contribution in [0.3, 0.4) is 0 Å². The molecule has 1 amide bonds. The highest BCUT2D eigenvalue weighted by Gasteiger charge is 2.28. The summed E-state index contributed by atoms with van der Waals surface area (Å²) in [7, 11) is 0. The molecule has 41 heavy (non-hydrogen) atoms. The molecule has 5 N–H and O–H groups in total. The molecule has 4 atom stereocenters. The molecule has 0 aliphatic carbocycles. The molecule has 0 saturated carbocycles. The molecule has 0 aromatic rings. The third-order valence-corrected chi connectivity index (χ3v) is 8.23. The van der Waals surface area contributed by atoms with Gasteiger partial charge in [0, 0.05) is 0 Å². The number of allylic oxidation sites excluding steroid dienone is 2. The summed E-state index contributed by atoms with van der Waals surface area (Å²) in [5.74, 6) is -0.596. The van der Waals surface area contributed by atoms with Crippen molar-refractivity contribution in [2.24, 2.45) is 0 Å². The Morgan fingerprint density at radius 2 is 0.976 bits per heavy atom. The van der Waals surface area contributed by atoms with Gasteiger partial charge in [0.05, 0.1) is 18.8 Å². The van der Waals surface area contributed by atoms with Crippen LogP contribution in [0.2, 0.25) is 0 Å². The smallest absolute Gasteiger partial charge is 0.249 e. The zero-order valence-electron chi connectivity index (χ0n) is 27.0. The lowest BCUT2D eigenvalue weighted by molar-refractivity contribution is -0.132. The van der Waals surface area contributed by atoms with Crippen molar-refractivity contribution < 1.29 is 25.2 Å². The second-order valence-electron chi connectivity index (χ2n) is 12.2. The van der Waals surface area contributed by atoms with Crippen LogP contribution in [0.5, 0.6) is 0 Å². The normalized spacial score (nSPS) is 14.8. The van der Waals surface area contributed by atoms with Crippen LogP contribution in [0.15, 0.2) is 12.2 Å². The van der Waals surface area contributed by atoms with Crippen LogP contribution in [0.25, 0.3) is 0 Å². The van der Waals surface area contributed by atoms with E-state index in [1.807, 2.05) is 0 Å². The van der Waals surface area contributed by atoms with Crippen molar-refractivity contribution in [3.63, 3.8) is 0 Å². The highest BCUT2D eigenvalue weighted by atomic mass is 16.3. The zero-order valence-corrected chi connectivity index (χ0v) is 27.0. The van der Waals surface area contributed by atoms with Crippen molar-refractivity contribution in [3.8, 4) is 0 Å². The molecular formula is C35H69NO5. The van der Waals surface area contributed by atoms with E-state index < -0.39 is 36.9 Å². The fourth-order valence-electron chi connectivity index (χ4n) is 5.34. The van der Waals surface area contributed by atoms with Gasteiger partial charge in [-0.15, -0.1) is 0 Å². The first-order valence-corrected chi connectivity index (χ1v) is 17.6. The number of amides is 1. The van der Waals surface area contributed by atoms with Crippen LogP contribution in [-0.2, 0) is 4.79 Å². The minimum atomic E-state index is -1.26. The minimum absolute atomic E-state index is 0.356. The van der Waals surface area contributed by atoms with Crippen LogP contribution in [0, 0.1) is 0 Å². The molecule has 0 aliphatic heterocycles. The van der Waals surface area contributed by atoms with Crippen LogP contribution in [0.1, 0.15) is 174 Å². The van der Waals surface area contributed by atoms with E-state index in [9.17, 15) is 25.2 Å². The topological polar surface area (TPSA) is 110 Å². The number of unbranched alkanes of at least 4 members (excludes halogenated alkanes) is 20. The Morgan fingerprint density at radius 3 is 1.41 bits per heavy atom. The number of hydrogen-bond acceptors (Lipinski definition) is 5. The fraction of sp³-hybridized carbons (Fsp3) is 0.914. The molecule has 0 rings (SSSR count). The summed E-state index contributed by atoms with van der Waals surface area (Å²) in [5.41, 5.74) is 0. The van der Waals surface area contributed by atoms with Gasteiger partial charge < -0.3 is 25.7 Å². The lowest BCUT2D eigenvalue weighted by Gasteiger charge is -2.27. The van der Waals surface area contributed by atoms with E-state index in [1.165, 1.54) is 96.3 Å². The predicted molar refractivity (Wildman–Crippen MR) is 173 cm³/mol. The number of carbonyl (C=O) groups excluding carboxylic acids is 1. The molecule has 0 saturated heterocycles. The Labute approximate surface area is 253 Å². The number of aliphatic hydroxyl groups excluding tert-OH is 4.